The van der Waals surface area contributed by atoms with Crippen LogP contribution < -0.4 is 4.74 Å². The summed E-state index contributed by atoms with van der Waals surface area (Å²) < 4.78 is 5.09. The van der Waals surface area contributed by atoms with Crippen LogP contribution in [0.15, 0.2) is 29.5 Å². The van der Waals surface area contributed by atoms with Crippen LogP contribution in [0.25, 0.3) is 0 Å². The third-order valence-electron chi connectivity index (χ3n) is 5.27. The van der Waals surface area contributed by atoms with E-state index in [9.17, 15) is 19.8 Å². The Balaban J connectivity index is 2.11. The van der Waals surface area contributed by atoms with Gasteiger partial charge >= 0.3 is 0 Å². The molecule has 140 valence electrons. The predicted octanol–water partition coefficient (Wildman–Crippen LogP) is 3.26. The number of ketones is 1. The van der Waals surface area contributed by atoms with E-state index >= 15 is 0 Å². The van der Waals surface area contributed by atoms with Crippen LogP contribution in [0.5, 0.6) is 11.5 Å². The van der Waals surface area contributed by atoms with E-state index < -0.39 is 17.7 Å². The Morgan fingerprint density at radius 2 is 1.88 bits per heavy atom. The van der Waals surface area contributed by atoms with Crippen molar-refractivity contribution < 1.29 is 24.5 Å². The highest BCUT2D eigenvalue weighted by Gasteiger charge is 2.47. The van der Waals surface area contributed by atoms with Crippen molar-refractivity contribution >= 4 is 11.7 Å². The Morgan fingerprint density at radius 3 is 2.42 bits per heavy atom. The SMILES string of the molecule is COc1ccc(C2C(C(=O)C(C)C)=C(O)C(=O)N2C2CCCC2)cc1O. The van der Waals surface area contributed by atoms with Gasteiger partial charge in [0.15, 0.2) is 23.0 Å². The summed E-state index contributed by atoms with van der Waals surface area (Å²) in [7, 11) is 1.46. The van der Waals surface area contributed by atoms with E-state index in [4.69, 9.17) is 4.74 Å². The zero-order valence-corrected chi connectivity index (χ0v) is 15.4. The van der Waals surface area contributed by atoms with Crippen molar-refractivity contribution in [1.82, 2.24) is 4.90 Å². The van der Waals surface area contributed by atoms with Gasteiger partial charge in [0.25, 0.3) is 5.91 Å². The van der Waals surface area contributed by atoms with Gasteiger partial charge in [0.05, 0.1) is 18.7 Å². The Kier molecular flexibility index (Phi) is 4.94. The van der Waals surface area contributed by atoms with Gasteiger partial charge < -0.3 is 19.8 Å². The number of amides is 1. The fourth-order valence-electron chi connectivity index (χ4n) is 3.95. The molecule has 1 aromatic carbocycles. The average Bonchev–Trinajstić information content (AvgIpc) is 3.21. The number of aliphatic hydroxyl groups is 1. The minimum atomic E-state index is -0.683. The molecule has 2 aliphatic rings. The molecule has 0 saturated heterocycles. The van der Waals surface area contributed by atoms with Crippen LogP contribution in [0, 0.1) is 5.92 Å². The van der Waals surface area contributed by atoms with Crippen LogP contribution in [0.4, 0.5) is 0 Å². The summed E-state index contributed by atoms with van der Waals surface area (Å²) in [5, 5.41) is 20.7. The topological polar surface area (TPSA) is 87.1 Å². The van der Waals surface area contributed by atoms with E-state index in [2.05, 4.69) is 0 Å². The Hall–Kier alpha value is -2.50. The summed E-state index contributed by atoms with van der Waals surface area (Å²) in [6.45, 7) is 3.49. The maximum Gasteiger partial charge on any atom is 0.290 e. The first kappa shape index (κ1) is 18.3. The molecule has 0 spiro atoms. The maximum atomic E-state index is 12.8. The van der Waals surface area contributed by atoms with E-state index in [1.165, 1.54) is 13.2 Å². The van der Waals surface area contributed by atoms with Crippen molar-refractivity contribution in [3.8, 4) is 11.5 Å². The number of hydrogen-bond donors (Lipinski definition) is 2. The highest BCUT2D eigenvalue weighted by Crippen LogP contribution is 2.44. The van der Waals surface area contributed by atoms with Crippen LogP contribution in [0.3, 0.4) is 0 Å². The first-order valence-electron chi connectivity index (χ1n) is 9.03. The largest absolute Gasteiger partial charge is 0.504 e. The fourth-order valence-corrected chi connectivity index (χ4v) is 3.95. The molecule has 2 N–H and O–H groups in total. The maximum absolute atomic E-state index is 12.8. The minimum Gasteiger partial charge on any atom is -0.504 e. The number of aromatic hydroxyl groups is 1. The number of phenolic OH excluding ortho intramolecular Hbond substituents is 1. The van der Waals surface area contributed by atoms with Gasteiger partial charge in [-0.15, -0.1) is 0 Å². The monoisotopic (exact) mass is 359 g/mol. The second kappa shape index (κ2) is 7.02. The molecule has 6 nitrogen and oxygen atoms in total. The number of benzene rings is 1. The van der Waals surface area contributed by atoms with E-state index in [1.54, 1.807) is 30.9 Å². The lowest BCUT2D eigenvalue weighted by atomic mass is 9.90. The first-order chi connectivity index (χ1) is 12.4. The molecule has 1 aliphatic heterocycles. The number of aliphatic hydroxyl groups excluding tert-OH is 1. The normalized spacial score (nSPS) is 21.2. The number of rotatable bonds is 5. The van der Waals surface area contributed by atoms with Crippen molar-refractivity contribution in [3.05, 3.63) is 35.1 Å². The van der Waals surface area contributed by atoms with Gasteiger partial charge in [-0.3, -0.25) is 9.59 Å². The minimum absolute atomic E-state index is 0.0173. The number of hydrogen-bond acceptors (Lipinski definition) is 5. The fraction of sp³-hybridized carbons (Fsp3) is 0.500. The van der Waals surface area contributed by atoms with E-state index in [1.807, 2.05) is 0 Å². The first-order valence-corrected chi connectivity index (χ1v) is 9.03. The predicted molar refractivity (Wildman–Crippen MR) is 96.0 cm³/mol. The number of carbonyl (C=O) groups excluding carboxylic acids is 2. The number of carbonyl (C=O) groups is 2. The molecule has 6 heteroatoms. The zero-order chi connectivity index (χ0) is 19.0. The number of nitrogens with zero attached hydrogens (tertiary/aromatic N) is 1. The molecule has 1 saturated carbocycles. The Labute approximate surface area is 153 Å². The Bertz CT molecular complexity index is 761. The smallest absolute Gasteiger partial charge is 0.290 e. The molecule has 26 heavy (non-hydrogen) atoms. The van der Waals surface area contributed by atoms with Crippen molar-refractivity contribution in [3.63, 3.8) is 0 Å². The van der Waals surface area contributed by atoms with Crippen molar-refractivity contribution in [2.24, 2.45) is 5.92 Å². The number of Topliss-reactive ketones (excluding diaryl/α,β-unsaturated/α-hetero) is 1. The quantitative estimate of drug-likeness (QED) is 0.842. The molecule has 1 heterocycles. The van der Waals surface area contributed by atoms with Crippen LogP contribution >= 0.6 is 0 Å². The summed E-state index contributed by atoms with van der Waals surface area (Å²) >= 11 is 0. The Morgan fingerprint density at radius 1 is 1.23 bits per heavy atom. The lowest BCUT2D eigenvalue weighted by Gasteiger charge is -2.32. The summed E-state index contributed by atoms with van der Waals surface area (Å²) in [6.07, 6.45) is 3.73. The van der Waals surface area contributed by atoms with Crippen LogP contribution in [-0.2, 0) is 9.59 Å². The molecule has 0 radical (unpaired) electrons. The summed E-state index contributed by atoms with van der Waals surface area (Å²) in [4.78, 5) is 27.2. The van der Waals surface area contributed by atoms with E-state index in [-0.39, 0.29) is 29.1 Å². The van der Waals surface area contributed by atoms with Gasteiger partial charge in [0.2, 0.25) is 0 Å². The average molecular weight is 359 g/mol. The molecule has 0 aromatic heterocycles. The molecular formula is C20H25NO5. The molecule has 1 amide bonds. The molecule has 1 aromatic rings. The second-order valence-corrected chi connectivity index (χ2v) is 7.27. The molecule has 3 rings (SSSR count). The molecule has 1 unspecified atom stereocenters. The number of phenols is 1. The lowest BCUT2D eigenvalue weighted by molar-refractivity contribution is -0.131. The van der Waals surface area contributed by atoms with E-state index in [0.717, 1.165) is 25.7 Å². The molecule has 1 aliphatic carbocycles. The van der Waals surface area contributed by atoms with Gasteiger partial charge in [-0.2, -0.15) is 0 Å². The van der Waals surface area contributed by atoms with Gasteiger partial charge in [0.1, 0.15) is 0 Å². The zero-order valence-electron chi connectivity index (χ0n) is 15.4. The van der Waals surface area contributed by atoms with Crippen LogP contribution in [0.1, 0.15) is 51.1 Å². The molecule has 1 fully saturated rings. The van der Waals surface area contributed by atoms with Gasteiger partial charge in [-0.25, -0.2) is 0 Å². The number of ether oxygens (including phenoxy) is 1. The second-order valence-electron chi connectivity index (χ2n) is 7.27. The van der Waals surface area contributed by atoms with Gasteiger partial charge in [-0.05, 0) is 30.5 Å². The molecular weight excluding hydrogens is 334 g/mol. The third kappa shape index (κ3) is 2.93. The third-order valence-corrected chi connectivity index (χ3v) is 5.27. The van der Waals surface area contributed by atoms with Crippen molar-refractivity contribution in [2.75, 3.05) is 7.11 Å². The highest BCUT2D eigenvalue weighted by molar-refractivity contribution is 6.09. The molecule has 1 atom stereocenters. The number of methoxy groups -OCH3 is 1. The summed E-state index contributed by atoms with van der Waals surface area (Å²) in [5.41, 5.74) is 0.720. The van der Waals surface area contributed by atoms with Crippen LogP contribution in [0.2, 0.25) is 0 Å². The summed E-state index contributed by atoms with van der Waals surface area (Å²) in [5.74, 6) is -1.31. The van der Waals surface area contributed by atoms with Gasteiger partial charge in [0, 0.05) is 12.0 Å². The van der Waals surface area contributed by atoms with E-state index in [0.29, 0.717) is 11.3 Å². The van der Waals surface area contributed by atoms with Crippen LogP contribution in [-0.4, -0.2) is 40.0 Å². The molecule has 0 bridgehead atoms. The standard InChI is InChI=1S/C20H25NO5/c1-11(2)18(23)16-17(12-8-9-15(26-3)14(22)10-12)21(20(25)19(16)24)13-6-4-5-7-13/h8-11,13,17,22,24H,4-7H2,1-3H3. The highest BCUT2D eigenvalue weighted by atomic mass is 16.5. The summed E-state index contributed by atoms with van der Waals surface area (Å²) in [6, 6.07) is 4.14. The lowest BCUT2D eigenvalue weighted by Crippen LogP contribution is -2.38. The van der Waals surface area contributed by atoms with Crippen molar-refractivity contribution in [2.45, 2.75) is 51.6 Å². The van der Waals surface area contributed by atoms with Crippen molar-refractivity contribution in [1.29, 1.82) is 0 Å². The van der Waals surface area contributed by atoms with Gasteiger partial charge in [-0.1, -0.05) is 32.8 Å².